The first-order chi connectivity index (χ1) is 14.9. The SMILES string of the molecule is Cc1ccc(Cn2nc(C)c(C(=O)NC3CCN(C(=O)c4ccco4)CC3)c2Cl)cc1. The molecule has 1 N–H and O–H groups in total. The smallest absolute Gasteiger partial charge is 0.289 e. The molecular formula is C23H25ClN4O3. The first-order valence-electron chi connectivity index (χ1n) is 10.3. The number of nitrogens with zero attached hydrogens (tertiary/aromatic N) is 3. The summed E-state index contributed by atoms with van der Waals surface area (Å²) in [5.41, 5.74) is 3.25. The number of carbonyl (C=O) groups excluding carboxylic acids is 2. The molecule has 7 nitrogen and oxygen atoms in total. The van der Waals surface area contributed by atoms with Crippen LogP contribution in [0.1, 0.15) is 50.6 Å². The molecule has 1 fully saturated rings. The fourth-order valence-electron chi connectivity index (χ4n) is 3.82. The summed E-state index contributed by atoms with van der Waals surface area (Å²) >= 11 is 6.52. The predicted molar refractivity (Wildman–Crippen MR) is 117 cm³/mol. The van der Waals surface area contributed by atoms with E-state index >= 15 is 0 Å². The van der Waals surface area contributed by atoms with Gasteiger partial charge in [-0.25, -0.2) is 4.68 Å². The summed E-state index contributed by atoms with van der Waals surface area (Å²) in [6.45, 7) is 5.44. The van der Waals surface area contributed by atoms with Crippen molar-refractivity contribution in [3.8, 4) is 0 Å². The van der Waals surface area contributed by atoms with Gasteiger partial charge in [-0.05, 0) is 44.4 Å². The monoisotopic (exact) mass is 440 g/mol. The third-order valence-electron chi connectivity index (χ3n) is 5.59. The number of piperidine rings is 1. The minimum Gasteiger partial charge on any atom is -0.459 e. The number of halogens is 1. The average Bonchev–Trinajstić information content (AvgIpc) is 3.38. The second-order valence-electron chi connectivity index (χ2n) is 7.91. The summed E-state index contributed by atoms with van der Waals surface area (Å²) in [6.07, 6.45) is 2.84. The molecule has 3 aromatic rings. The summed E-state index contributed by atoms with van der Waals surface area (Å²) in [4.78, 5) is 27.1. The molecule has 0 bridgehead atoms. The lowest BCUT2D eigenvalue weighted by atomic mass is 10.0. The van der Waals surface area contributed by atoms with Gasteiger partial charge < -0.3 is 14.6 Å². The van der Waals surface area contributed by atoms with Gasteiger partial charge in [-0.1, -0.05) is 41.4 Å². The molecule has 3 heterocycles. The summed E-state index contributed by atoms with van der Waals surface area (Å²) in [7, 11) is 0. The van der Waals surface area contributed by atoms with Gasteiger partial charge in [0.1, 0.15) is 5.15 Å². The van der Waals surface area contributed by atoms with Crippen LogP contribution in [-0.2, 0) is 6.54 Å². The van der Waals surface area contributed by atoms with Crippen molar-refractivity contribution >= 4 is 23.4 Å². The van der Waals surface area contributed by atoms with Gasteiger partial charge in [0.15, 0.2) is 5.76 Å². The minimum absolute atomic E-state index is 0.0240. The molecule has 0 spiro atoms. The van der Waals surface area contributed by atoms with Gasteiger partial charge in [0.2, 0.25) is 0 Å². The lowest BCUT2D eigenvalue weighted by Crippen LogP contribution is -2.46. The maximum absolute atomic E-state index is 12.9. The molecule has 1 aliphatic rings. The van der Waals surface area contributed by atoms with Crippen LogP contribution in [0, 0.1) is 13.8 Å². The molecule has 1 saturated heterocycles. The van der Waals surface area contributed by atoms with Crippen molar-refractivity contribution < 1.29 is 14.0 Å². The zero-order chi connectivity index (χ0) is 22.0. The highest BCUT2D eigenvalue weighted by Gasteiger charge is 2.28. The molecule has 4 rings (SSSR count). The number of carbonyl (C=O) groups is 2. The Balaban J connectivity index is 1.37. The van der Waals surface area contributed by atoms with E-state index in [-0.39, 0.29) is 17.9 Å². The number of rotatable bonds is 5. The number of aryl methyl sites for hydroxylation is 2. The third kappa shape index (κ3) is 4.66. The highest BCUT2D eigenvalue weighted by atomic mass is 35.5. The second kappa shape index (κ2) is 8.98. The third-order valence-corrected chi connectivity index (χ3v) is 5.98. The molecule has 2 aromatic heterocycles. The highest BCUT2D eigenvalue weighted by molar-refractivity contribution is 6.33. The Labute approximate surface area is 186 Å². The first-order valence-corrected chi connectivity index (χ1v) is 10.7. The van der Waals surface area contributed by atoms with Crippen LogP contribution in [-0.4, -0.2) is 45.6 Å². The van der Waals surface area contributed by atoms with E-state index in [1.165, 1.54) is 11.8 Å². The Hall–Kier alpha value is -3.06. The van der Waals surface area contributed by atoms with E-state index in [2.05, 4.69) is 10.4 Å². The average molecular weight is 441 g/mol. The summed E-state index contributed by atoms with van der Waals surface area (Å²) in [6, 6.07) is 11.5. The van der Waals surface area contributed by atoms with Gasteiger partial charge in [0.05, 0.1) is 24.1 Å². The molecule has 162 valence electrons. The van der Waals surface area contributed by atoms with Crippen LogP contribution in [0.15, 0.2) is 47.1 Å². The van der Waals surface area contributed by atoms with Gasteiger partial charge >= 0.3 is 0 Å². The van der Waals surface area contributed by atoms with E-state index < -0.39 is 0 Å². The van der Waals surface area contributed by atoms with E-state index in [4.69, 9.17) is 16.0 Å². The number of hydrogen-bond donors (Lipinski definition) is 1. The maximum Gasteiger partial charge on any atom is 0.289 e. The van der Waals surface area contributed by atoms with Crippen LogP contribution in [0.3, 0.4) is 0 Å². The summed E-state index contributed by atoms with van der Waals surface area (Å²) in [5, 5.41) is 7.86. The first kappa shape index (κ1) is 21.2. The molecule has 0 unspecified atom stereocenters. The Morgan fingerprint density at radius 1 is 1.16 bits per heavy atom. The van der Waals surface area contributed by atoms with Crippen LogP contribution in [0.5, 0.6) is 0 Å². The molecule has 0 atom stereocenters. The van der Waals surface area contributed by atoms with E-state index in [1.54, 1.807) is 28.6 Å². The number of likely N-dealkylation sites (tertiary alicyclic amines) is 1. The number of benzene rings is 1. The van der Waals surface area contributed by atoms with E-state index in [0.717, 1.165) is 5.56 Å². The normalized spacial score (nSPS) is 14.6. The maximum atomic E-state index is 12.9. The fourth-order valence-corrected chi connectivity index (χ4v) is 4.14. The molecule has 0 radical (unpaired) electrons. The Morgan fingerprint density at radius 2 is 1.87 bits per heavy atom. The molecule has 0 saturated carbocycles. The van der Waals surface area contributed by atoms with E-state index in [0.29, 0.717) is 54.6 Å². The second-order valence-corrected chi connectivity index (χ2v) is 8.27. The van der Waals surface area contributed by atoms with Crippen molar-refractivity contribution in [1.82, 2.24) is 20.0 Å². The van der Waals surface area contributed by atoms with Crippen molar-refractivity contribution in [2.24, 2.45) is 0 Å². The van der Waals surface area contributed by atoms with Crippen LogP contribution in [0.4, 0.5) is 0 Å². The Morgan fingerprint density at radius 3 is 2.52 bits per heavy atom. The molecule has 0 aliphatic carbocycles. The van der Waals surface area contributed by atoms with Crippen molar-refractivity contribution in [1.29, 1.82) is 0 Å². The summed E-state index contributed by atoms with van der Waals surface area (Å²) < 4.78 is 6.84. The molecule has 2 amide bonds. The van der Waals surface area contributed by atoms with E-state index in [9.17, 15) is 9.59 Å². The molecule has 1 aromatic carbocycles. The topological polar surface area (TPSA) is 80.4 Å². The Kier molecular flexibility index (Phi) is 6.13. The fraction of sp³-hybridized carbons (Fsp3) is 0.348. The van der Waals surface area contributed by atoms with E-state index in [1.807, 2.05) is 31.2 Å². The zero-order valence-electron chi connectivity index (χ0n) is 17.6. The number of furan rings is 1. The van der Waals surface area contributed by atoms with Gasteiger partial charge in [-0.15, -0.1) is 0 Å². The summed E-state index contributed by atoms with van der Waals surface area (Å²) in [5.74, 6) is -0.00889. The van der Waals surface area contributed by atoms with Gasteiger partial charge in [-0.3, -0.25) is 9.59 Å². The highest BCUT2D eigenvalue weighted by Crippen LogP contribution is 2.22. The quantitative estimate of drug-likeness (QED) is 0.653. The standard InChI is InChI=1S/C23H25ClN4O3/c1-15-5-7-17(8-6-15)14-28-21(24)20(16(2)26-28)22(29)25-18-9-11-27(12-10-18)23(30)19-4-3-13-31-19/h3-8,13,18H,9-12,14H2,1-2H3,(H,25,29). The number of nitrogens with one attached hydrogen (secondary N) is 1. The molecule has 1 aliphatic heterocycles. The Bertz CT molecular complexity index is 1070. The van der Waals surface area contributed by atoms with Gasteiger partial charge in [-0.2, -0.15) is 5.10 Å². The van der Waals surface area contributed by atoms with Crippen molar-refractivity contribution in [2.75, 3.05) is 13.1 Å². The zero-order valence-corrected chi connectivity index (χ0v) is 18.4. The van der Waals surface area contributed by atoms with Crippen molar-refractivity contribution in [2.45, 2.75) is 39.3 Å². The van der Waals surface area contributed by atoms with Gasteiger partial charge in [0, 0.05) is 19.1 Å². The number of amides is 2. The van der Waals surface area contributed by atoms with Crippen LogP contribution in [0.2, 0.25) is 5.15 Å². The van der Waals surface area contributed by atoms with Gasteiger partial charge in [0.25, 0.3) is 11.8 Å². The van der Waals surface area contributed by atoms with Crippen LogP contribution in [0.25, 0.3) is 0 Å². The molecule has 31 heavy (non-hydrogen) atoms. The van der Waals surface area contributed by atoms with Crippen LogP contribution >= 0.6 is 11.6 Å². The minimum atomic E-state index is -0.228. The van der Waals surface area contributed by atoms with Crippen LogP contribution < -0.4 is 5.32 Å². The number of hydrogen-bond acceptors (Lipinski definition) is 4. The predicted octanol–water partition coefficient (Wildman–Crippen LogP) is 3.83. The molecular weight excluding hydrogens is 416 g/mol. The lowest BCUT2D eigenvalue weighted by Gasteiger charge is -2.31. The lowest BCUT2D eigenvalue weighted by molar-refractivity contribution is 0.0667. The largest absolute Gasteiger partial charge is 0.459 e. The molecule has 8 heteroatoms. The van der Waals surface area contributed by atoms with Crippen molar-refractivity contribution in [3.05, 3.63) is 76.0 Å². The number of aromatic nitrogens is 2. The van der Waals surface area contributed by atoms with Crippen molar-refractivity contribution in [3.63, 3.8) is 0 Å².